The van der Waals surface area contributed by atoms with Crippen LogP contribution in [0.15, 0.2) is 24.3 Å². The number of amides is 2. The van der Waals surface area contributed by atoms with Gasteiger partial charge in [-0.2, -0.15) is 0 Å². The van der Waals surface area contributed by atoms with E-state index in [0.717, 1.165) is 26.2 Å². The summed E-state index contributed by atoms with van der Waals surface area (Å²) in [6.07, 6.45) is 1.19. The molecule has 0 bridgehead atoms. The van der Waals surface area contributed by atoms with Gasteiger partial charge in [0.25, 0.3) is 0 Å². The molecule has 0 aliphatic carbocycles. The molecule has 2 heterocycles. The van der Waals surface area contributed by atoms with Crippen LogP contribution in [0.2, 0.25) is 0 Å². The van der Waals surface area contributed by atoms with Crippen molar-refractivity contribution in [3.8, 4) is 0 Å². The second-order valence-corrected chi connectivity index (χ2v) is 8.70. The summed E-state index contributed by atoms with van der Waals surface area (Å²) in [6.45, 7) is 11.4. The van der Waals surface area contributed by atoms with Crippen molar-refractivity contribution in [2.45, 2.75) is 33.2 Å². The van der Waals surface area contributed by atoms with E-state index >= 15 is 0 Å². The average molecular weight is 405 g/mol. The first-order chi connectivity index (χ1) is 13.8. The quantitative estimate of drug-likeness (QED) is 0.818. The van der Waals surface area contributed by atoms with Crippen molar-refractivity contribution in [1.29, 1.82) is 0 Å². The van der Waals surface area contributed by atoms with E-state index in [1.54, 1.807) is 18.2 Å². The summed E-state index contributed by atoms with van der Waals surface area (Å²) in [5, 5.41) is 2.67. The number of piperazine rings is 1. The van der Waals surface area contributed by atoms with Crippen LogP contribution in [0.5, 0.6) is 0 Å². The topological polar surface area (TPSA) is 55.9 Å². The molecule has 2 aliphatic rings. The van der Waals surface area contributed by atoms with Gasteiger partial charge in [0.2, 0.25) is 11.8 Å². The first-order valence-electron chi connectivity index (χ1n) is 10.6. The number of benzene rings is 1. The van der Waals surface area contributed by atoms with Crippen molar-refractivity contribution < 1.29 is 14.0 Å². The first kappa shape index (κ1) is 21.7. The van der Waals surface area contributed by atoms with Crippen LogP contribution in [0.3, 0.4) is 0 Å². The summed E-state index contributed by atoms with van der Waals surface area (Å²) < 4.78 is 13.8. The Hall–Kier alpha value is -1.99. The third-order valence-electron chi connectivity index (χ3n) is 6.05. The maximum atomic E-state index is 13.8. The zero-order chi connectivity index (χ0) is 21.0. The Labute approximate surface area is 173 Å². The number of hydrogen-bond acceptors (Lipinski definition) is 4. The van der Waals surface area contributed by atoms with Crippen molar-refractivity contribution in [1.82, 2.24) is 14.7 Å². The van der Waals surface area contributed by atoms with E-state index in [4.69, 9.17) is 0 Å². The molecule has 0 aromatic heterocycles. The minimum Gasteiger partial charge on any atom is -0.341 e. The van der Waals surface area contributed by atoms with E-state index in [2.05, 4.69) is 29.0 Å². The summed E-state index contributed by atoms with van der Waals surface area (Å²) in [5.74, 6) is 0.692. The van der Waals surface area contributed by atoms with Gasteiger partial charge < -0.3 is 10.2 Å². The van der Waals surface area contributed by atoms with E-state index in [0.29, 0.717) is 31.5 Å². The highest BCUT2D eigenvalue weighted by Crippen LogP contribution is 2.21. The number of rotatable bonds is 5. The number of halogens is 1. The minimum atomic E-state index is -0.433. The molecule has 1 N–H and O–H groups in total. The van der Waals surface area contributed by atoms with Gasteiger partial charge in [-0.05, 0) is 37.3 Å². The van der Waals surface area contributed by atoms with Crippen LogP contribution in [0.4, 0.5) is 10.1 Å². The highest BCUT2D eigenvalue weighted by Gasteiger charge is 2.29. The summed E-state index contributed by atoms with van der Waals surface area (Å²) in [6, 6.07) is 5.84. The maximum Gasteiger partial charge on any atom is 0.241 e. The largest absolute Gasteiger partial charge is 0.341 e. The van der Waals surface area contributed by atoms with E-state index in [9.17, 15) is 14.0 Å². The molecule has 0 saturated carbocycles. The van der Waals surface area contributed by atoms with Gasteiger partial charge in [-0.3, -0.25) is 19.4 Å². The summed E-state index contributed by atoms with van der Waals surface area (Å²) in [7, 11) is 0. The van der Waals surface area contributed by atoms with Gasteiger partial charge in [0.05, 0.1) is 18.3 Å². The van der Waals surface area contributed by atoms with Crippen molar-refractivity contribution in [3.63, 3.8) is 0 Å². The van der Waals surface area contributed by atoms with Gasteiger partial charge in [0.15, 0.2) is 0 Å². The fourth-order valence-electron chi connectivity index (χ4n) is 4.43. The molecule has 2 saturated heterocycles. The van der Waals surface area contributed by atoms with Crippen LogP contribution in [-0.4, -0.2) is 78.4 Å². The third kappa shape index (κ3) is 5.76. The molecule has 1 aromatic rings. The van der Waals surface area contributed by atoms with Gasteiger partial charge in [0.1, 0.15) is 5.82 Å². The standard InChI is InChI=1S/C22H33FN4O2/c1-16-12-17(2)14-27(13-16)21(28)15-25-8-10-26(11-9-25)18(3)22(29)24-20-7-5-4-6-19(20)23/h4-7,16-18H,8-15H2,1-3H3,(H,24,29). The molecule has 0 spiro atoms. The molecule has 3 atom stereocenters. The van der Waals surface area contributed by atoms with Crippen molar-refractivity contribution >= 4 is 17.5 Å². The van der Waals surface area contributed by atoms with Gasteiger partial charge >= 0.3 is 0 Å². The first-order valence-corrected chi connectivity index (χ1v) is 10.6. The van der Waals surface area contributed by atoms with Gasteiger partial charge in [-0.15, -0.1) is 0 Å². The van der Waals surface area contributed by atoms with Crippen LogP contribution in [0.25, 0.3) is 0 Å². The molecule has 2 fully saturated rings. The van der Waals surface area contributed by atoms with Crippen LogP contribution in [0, 0.1) is 17.7 Å². The normalized spacial score (nSPS) is 24.9. The Balaban J connectivity index is 1.45. The summed E-state index contributed by atoms with van der Waals surface area (Å²) >= 11 is 0. The third-order valence-corrected chi connectivity index (χ3v) is 6.05. The molecule has 6 nitrogen and oxygen atoms in total. The van der Waals surface area contributed by atoms with Crippen LogP contribution in [0.1, 0.15) is 27.2 Å². The lowest BCUT2D eigenvalue weighted by Crippen LogP contribution is -2.55. The molecule has 1 aromatic carbocycles. The number of carbonyl (C=O) groups is 2. The summed E-state index contributed by atoms with van der Waals surface area (Å²) in [4.78, 5) is 31.5. The monoisotopic (exact) mass is 404 g/mol. The Bertz CT molecular complexity index is 711. The SMILES string of the molecule is CC1CC(C)CN(C(=O)CN2CCN(C(C)C(=O)Nc3ccccc3F)CC2)C1. The van der Waals surface area contributed by atoms with E-state index < -0.39 is 5.82 Å². The zero-order valence-electron chi connectivity index (χ0n) is 17.7. The molecule has 0 radical (unpaired) electrons. The fraction of sp³-hybridized carbons (Fsp3) is 0.636. The molecule has 7 heteroatoms. The lowest BCUT2D eigenvalue weighted by atomic mass is 9.92. The number of nitrogens with zero attached hydrogens (tertiary/aromatic N) is 3. The van der Waals surface area contributed by atoms with Crippen molar-refractivity contribution in [2.24, 2.45) is 11.8 Å². The maximum absolute atomic E-state index is 13.8. The molecule has 29 heavy (non-hydrogen) atoms. The lowest BCUT2D eigenvalue weighted by molar-refractivity contribution is -0.136. The number of nitrogens with one attached hydrogen (secondary N) is 1. The predicted molar refractivity (Wildman–Crippen MR) is 112 cm³/mol. The number of para-hydroxylation sites is 1. The average Bonchev–Trinajstić information content (AvgIpc) is 2.69. The van der Waals surface area contributed by atoms with Crippen LogP contribution in [-0.2, 0) is 9.59 Å². The molecule has 3 rings (SSSR count). The Morgan fingerprint density at radius 3 is 2.34 bits per heavy atom. The van der Waals surface area contributed by atoms with E-state index in [1.165, 1.54) is 12.5 Å². The summed E-state index contributed by atoms with van der Waals surface area (Å²) in [5.41, 5.74) is 0.207. The second kappa shape index (κ2) is 9.67. The van der Waals surface area contributed by atoms with E-state index in [-0.39, 0.29) is 23.5 Å². The Morgan fingerprint density at radius 1 is 1.10 bits per heavy atom. The number of likely N-dealkylation sites (tertiary alicyclic amines) is 1. The van der Waals surface area contributed by atoms with Crippen molar-refractivity contribution in [2.75, 3.05) is 51.1 Å². The van der Waals surface area contributed by atoms with Crippen LogP contribution < -0.4 is 5.32 Å². The molecular weight excluding hydrogens is 371 g/mol. The molecule has 2 aliphatic heterocycles. The molecule has 3 unspecified atom stereocenters. The molecule has 160 valence electrons. The smallest absolute Gasteiger partial charge is 0.241 e. The Kier molecular flexibility index (Phi) is 7.24. The Morgan fingerprint density at radius 2 is 1.72 bits per heavy atom. The molecular formula is C22H33FN4O2. The predicted octanol–water partition coefficient (Wildman–Crippen LogP) is 2.27. The fourth-order valence-corrected chi connectivity index (χ4v) is 4.43. The number of anilines is 1. The second-order valence-electron chi connectivity index (χ2n) is 8.70. The highest BCUT2D eigenvalue weighted by molar-refractivity contribution is 5.94. The number of carbonyl (C=O) groups excluding carboxylic acids is 2. The van der Waals surface area contributed by atoms with Gasteiger partial charge in [0, 0.05) is 39.3 Å². The van der Waals surface area contributed by atoms with Crippen LogP contribution >= 0.6 is 0 Å². The number of hydrogen-bond donors (Lipinski definition) is 1. The van der Waals surface area contributed by atoms with Crippen molar-refractivity contribution in [3.05, 3.63) is 30.1 Å². The number of piperidine rings is 1. The van der Waals surface area contributed by atoms with E-state index in [1.807, 2.05) is 11.8 Å². The van der Waals surface area contributed by atoms with Gasteiger partial charge in [-0.1, -0.05) is 26.0 Å². The van der Waals surface area contributed by atoms with Gasteiger partial charge in [-0.25, -0.2) is 4.39 Å². The lowest BCUT2D eigenvalue weighted by Gasteiger charge is -2.39. The zero-order valence-corrected chi connectivity index (χ0v) is 17.7. The molecule has 2 amide bonds. The minimum absolute atomic E-state index is 0.207. The highest BCUT2D eigenvalue weighted by atomic mass is 19.1.